The Hall–Kier alpha value is -3.29. The second kappa shape index (κ2) is 7.27. The minimum atomic E-state index is -0.585. The number of benzene rings is 1. The monoisotopic (exact) mass is 395 g/mol. The number of nitrogens with zero attached hydrogens (tertiary/aromatic N) is 3. The zero-order chi connectivity index (χ0) is 20.7. The number of rotatable bonds is 5. The van der Waals surface area contributed by atoms with Crippen LogP contribution < -0.4 is 10.6 Å². The van der Waals surface area contributed by atoms with Crippen molar-refractivity contribution < 1.29 is 14.0 Å². The summed E-state index contributed by atoms with van der Waals surface area (Å²) in [7, 11) is 0. The third kappa shape index (κ3) is 3.83. The molecule has 1 aromatic carbocycles. The van der Waals surface area contributed by atoms with Crippen molar-refractivity contribution >= 4 is 34.2 Å². The van der Waals surface area contributed by atoms with Gasteiger partial charge in [-0.1, -0.05) is 0 Å². The van der Waals surface area contributed by atoms with Gasteiger partial charge in [0, 0.05) is 30.3 Å². The largest absolute Gasteiger partial charge is 0.326 e. The molecular formula is C21H22FN5O2. The van der Waals surface area contributed by atoms with Crippen LogP contribution in [0.1, 0.15) is 61.6 Å². The van der Waals surface area contributed by atoms with E-state index in [1.165, 1.54) is 25.1 Å². The molecule has 3 aromatic rings. The Morgan fingerprint density at radius 1 is 1.21 bits per heavy atom. The number of anilines is 2. The fourth-order valence-corrected chi connectivity index (χ4v) is 3.28. The van der Waals surface area contributed by atoms with E-state index in [-0.39, 0.29) is 17.6 Å². The second-order valence-corrected chi connectivity index (χ2v) is 7.62. The van der Waals surface area contributed by atoms with Gasteiger partial charge in [-0.3, -0.25) is 9.59 Å². The minimum absolute atomic E-state index is 0.00423. The lowest BCUT2D eigenvalue weighted by atomic mass is 10.1. The van der Waals surface area contributed by atoms with Crippen molar-refractivity contribution in [3.8, 4) is 0 Å². The van der Waals surface area contributed by atoms with Crippen LogP contribution in [0.5, 0.6) is 0 Å². The Kier molecular flexibility index (Phi) is 4.77. The molecule has 0 spiro atoms. The number of aromatic nitrogens is 3. The van der Waals surface area contributed by atoms with E-state index in [4.69, 9.17) is 4.98 Å². The molecule has 2 amide bonds. The number of carbonyl (C=O) groups is 2. The molecule has 1 saturated carbocycles. The highest BCUT2D eigenvalue weighted by Crippen LogP contribution is 2.40. The fraction of sp³-hybridized carbons (Fsp3) is 0.333. The Balaban J connectivity index is 1.73. The molecule has 7 nitrogen and oxygen atoms in total. The van der Waals surface area contributed by atoms with E-state index in [0.717, 1.165) is 18.5 Å². The predicted octanol–water partition coefficient (Wildman–Crippen LogP) is 4.24. The third-order valence-corrected chi connectivity index (χ3v) is 4.85. The van der Waals surface area contributed by atoms with Crippen LogP contribution in [0, 0.1) is 5.82 Å². The zero-order valence-electron chi connectivity index (χ0n) is 16.5. The molecule has 0 aliphatic heterocycles. The molecule has 1 aliphatic carbocycles. The van der Waals surface area contributed by atoms with Crippen LogP contribution in [0.2, 0.25) is 0 Å². The number of amides is 2. The lowest BCUT2D eigenvalue weighted by Crippen LogP contribution is -2.15. The van der Waals surface area contributed by atoms with Crippen molar-refractivity contribution in [1.29, 1.82) is 0 Å². The molecule has 2 aromatic heterocycles. The van der Waals surface area contributed by atoms with E-state index in [9.17, 15) is 14.0 Å². The number of fused-ring (bicyclic) bond motifs is 1. The fourth-order valence-electron chi connectivity index (χ4n) is 3.28. The minimum Gasteiger partial charge on any atom is -0.326 e. The molecule has 0 saturated heterocycles. The van der Waals surface area contributed by atoms with E-state index in [2.05, 4.69) is 15.7 Å². The van der Waals surface area contributed by atoms with Crippen molar-refractivity contribution in [2.24, 2.45) is 0 Å². The first-order valence-corrected chi connectivity index (χ1v) is 9.60. The maximum Gasteiger partial charge on any atom is 0.256 e. The normalized spacial score (nSPS) is 13.7. The third-order valence-electron chi connectivity index (χ3n) is 4.85. The van der Waals surface area contributed by atoms with Gasteiger partial charge >= 0.3 is 0 Å². The van der Waals surface area contributed by atoms with Crippen LogP contribution in [-0.2, 0) is 4.79 Å². The molecule has 1 aliphatic rings. The maximum atomic E-state index is 14.3. The van der Waals surface area contributed by atoms with Gasteiger partial charge in [0.15, 0.2) is 5.65 Å². The van der Waals surface area contributed by atoms with Gasteiger partial charge in [-0.2, -0.15) is 5.10 Å². The van der Waals surface area contributed by atoms with E-state index in [0.29, 0.717) is 28.2 Å². The zero-order valence-corrected chi connectivity index (χ0v) is 16.5. The van der Waals surface area contributed by atoms with Crippen molar-refractivity contribution in [3.63, 3.8) is 0 Å². The molecule has 0 radical (unpaired) electrons. The van der Waals surface area contributed by atoms with Crippen molar-refractivity contribution in [3.05, 3.63) is 47.5 Å². The van der Waals surface area contributed by atoms with E-state index < -0.39 is 11.7 Å². The summed E-state index contributed by atoms with van der Waals surface area (Å²) in [6.45, 7) is 5.36. The highest BCUT2D eigenvalue weighted by molar-refractivity contribution is 6.12. The lowest BCUT2D eigenvalue weighted by Gasteiger charge is -2.12. The molecule has 0 atom stereocenters. The summed E-state index contributed by atoms with van der Waals surface area (Å²) >= 11 is 0. The molecule has 150 valence electrons. The molecule has 29 heavy (non-hydrogen) atoms. The number of hydrogen-bond donors (Lipinski definition) is 2. The van der Waals surface area contributed by atoms with Crippen LogP contribution in [0.25, 0.3) is 11.0 Å². The number of carbonyl (C=O) groups excluding carboxylic acids is 2. The molecule has 0 unspecified atom stereocenters. The first kappa shape index (κ1) is 19.0. The van der Waals surface area contributed by atoms with Crippen LogP contribution in [0.4, 0.5) is 15.8 Å². The predicted molar refractivity (Wildman–Crippen MR) is 109 cm³/mol. The Labute approximate surface area is 167 Å². The number of nitrogens with one attached hydrogen (secondary N) is 2. The molecule has 8 heteroatoms. The molecular weight excluding hydrogens is 373 g/mol. The van der Waals surface area contributed by atoms with Crippen molar-refractivity contribution in [2.45, 2.75) is 45.6 Å². The summed E-state index contributed by atoms with van der Waals surface area (Å²) in [4.78, 5) is 29.0. The van der Waals surface area contributed by atoms with Gasteiger partial charge in [0.1, 0.15) is 5.82 Å². The summed E-state index contributed by atoms with van der Waals surface area (Å²) in [6.07, 6.45) is 3.71. The summed E-state index contributed by atoms with van der Waals surface area (Å²) in [5, 5.41) is 10.2. The second-order valence-electron chi connectivity index (χ2n) is 7.62. The van der Waals surface area contributed by atoms with E-state index in [1.807, 2.05) is 13.8 Å². The summed E-state index contributed by atoms with van der Waals surface area (Å²) in [5.74, 6) is -0.958. The molecule has 2 heterocycles. The molecule has 0 bridgehead atoms. The van der Waals surface area contributed by atoms with Crippen molar-refractivity contribution in [2.75, 3.05) is 10.6 Å². The topological polar surface area (TPSA) is 88.9 Å². The van der Waals surface area contributed by atoms with Crippen LogP contribution in [-0.4, -0.2) is 26.6 Å². The number of halogens is 1. The Bertz CT molecular complexity index is 1120. The van der Waals surface area contributed by atoms with Crippen molar-refractivity contribution in [1.82, 2.24) is 14.8 Å². The summed E-state index contributed by atoms with van der Waals surface area (Å²) < 4.78 is 16.1. The average molecular weight is 395 g/mol. The Morgan fingerprint density at radius 2 is 1.97 bits per heavy atom. The van der Waals surface area contributed by atoms with Gasteiger partial charge < -0.3 is 10.6 Å². The first-order valence-electron chi connectivity index (χ1n) is 9.60. The summed E-state index contributed by atoms with van der Waals surface area (Å²) in [5.41, 5.74) is 2.32. The van der Waals surface area contributed by atoms with Gasteiger partial charge in [-0.05, 0) is 51.0 Å². The molecule has 2 N–H and O–H groups in total. The smallest absolute Gasteiger partial charge is 0.256 e. The van der Waals surface area contributed by atoms with Gasteiger partial charge in [0.2, 0.25) is 5.91 Å². The first-order chi connectivity index (χ1) is 13.8. The SMILES string of the molecule is CC(=O)Nc1ccc(F)c(NC(=O)c2cc(C3CC3)nc3c2cnn3C(C)C)c1. The van der Waals surface area contributed by atoms with Crippen LogP contribution in [0.15, 0.2) is 30.5 Å². The van der Waals surface area contributed by atoms with E-state index in [1.54, 1.807) is 16.9 Å². The lowest BCUT2D eigenvalue weighted by molar-refractivity contribution is -0.114. The average Bonchev–Trinajstić information content (AvgIpc) is 3.42. The number of hydrogen-bond acceptors (Lipinski definition) is 4. The van der Waals surface area contributed by atoms with Gasteiger partial charge in [-0.25, -0.2) is 14.1 Å². The quantitative estimate of drug-likeness (QED) is 0.676. The Morgan fingerprint density at radius 3 is 2.62 bits per heavy atom. The van der Waals surface area contributed by atoms with Gasteiger partial charge in [-0.15, -0.1) is 0 Å². The summed E-state index contributed by atoms with van der Waals surface area (Å²) in [6, 6.07) is 5.91. The molecule has 4 rings (SSSR count). The highest BCUT2D eigenvalue weighted by atomic mass is 19.1. The number of pyridine rings is 1. The van der Waals surface area contributed by atoms with Crippen LogP contribution in [0.3, 0.4) is 0 Å². The molecule has 1 fully saturated rings. The van der Waals surface area contributed by atoms with E-state index >= 15 is 0 Å². The maximum absolute atomic E-state index is 14.3. The highest BCUT2D eigenvalue weighted by Gasteiger charge is 2.28. The van der Waals surface area contributed by atoms with Crippen LogP contribution >= 0.6 is 0 Å². The van der Waals surface area contributed by atoms with Gasteiger partial charge in [0.05, 0.1) is 22.8 Å². The standard InChI is InChI=1S/C21H22FN5O2/c1-11(2)27-20-16(10-23-27)15(9-18(25-20)13-4-5-13)21(29)26-19-8-14(24-12(3)28)6-7-17(19)22/h6-11,13H,4-5H2,1-3H3,(H,24,28)(H,26,29). The van der Waals surface area contributed by atoms with Gasteiger partial charge in [0.25, 0.3) is 5.91 Å².